The number of hydrogen-bond acceptors (Lipinski definition) is 6. The molecule has 31 heavy (non-hydrogen) atoms. The SMILES string of the molecule is CCOc1cc(C(=O)NC2(C(=O)OC)CCCC2)ccc1OCC(=O)N1CCCCC1. The number of ether oxygens (including phenoxy) is 3. The number of carbonyl (C=O) groups excluding carboxylic acids is 3. The Kier molecular flexibility index (Phi) is 7.76. The number of nitrogens with one attached hydrogen (secondary N) is 1. The van der Waals surface area contributed by atoms with Crippen LogP contribution in [0.1, 0.15) is 62.2 Å². The van der Waals surface area contributed by atoms with Crippen LogP contribution in [0.25, 0.3) is 0 Å². The fourth-order valence-corrected chi connectivity index (χ4v) is 4.25. The third-order valence-corrected chi connectivity index (χ3v) is 5.95. The lowest BCUT2D eigenvalue weighted by atomic mass is 9.97. The second kappa shape index (κ2) is 10.5. The van der Waals surface area contributed by atoms with Gasteiger partial charge in [0.05, 0.1) is 13.7 Å². The van der Waals surface area contributed by atoms with Crippen LogP contribution < -0.4 is 14.8 Å². The first-order valence-electron chi connectivity index (χ1n) is 11.1. The summed E-state index contributed by atoms with van der Waals surface area (Å²) in [5.74, 6) is -0.0404. The number of rotatable bonds is 8. The van der Waals surface area contributed by atoms with Crippen LogP contribution >= 0.6 is 0 Å². The summed E-state index contributed by atoms with van der Waals surface area (Å²) in [5, 5.41) is 2.87. The van der Waals surface area contributed by atoms with E-state index in [4.69, 9.17) is 14.2 Å². The molecule has 170 valence electrons. The normalized spacial score (nSPS) is 17.7. The maximum Gasteiger partial charge on any atom is 0.331 e. The maximum absolute atomic E-state index is 12.9. The van der Waals surface area contributed by atoms with Gasteiger partial charge >= 0.3 is 5.97 Å². The average Bonchev–Trinajstić information content (AvgIpc) is 3.27. The number of likely N-dealkylation sites (tertiary alicyclic amines) is 1. The Bertz CT molecular complexity index is 797. The van der Waals surface area contributed by atoms with E-state index in [0.717, 1.165) is 45.2 Å². The molecule has 8 heteroatoms. The maximum atomic E-state index is 12.9. The molecule has 0 spiro atoms. The number of methoxy groups -OCH3 is 1. The molecule has 1 aliphatic heterocycles. The highest BCUT2D eigenvalue weighted by Gasteiger charge is 2.43. The molecule has 2 aliphatic rings. The van der Waals surface area contributed by atoms with Crippen LogP contribution in [0.4, 0.5) is 0 Å². The number of amides is 2. The molecule has 1 N–H and O–H groups in total. The Morgan fingerprint density at radius 3 is 2.35 bits per heavy atom. The molecule has 2 amide bonds. The monoisotopic (exact) mass is 432 g/mol. The van der Waals surface area contributed by atoms with Crippen LogP contribution in [0, 0.1) is 0 Å². The Balaban J connectivity index is 1.69. The zero-order valence-corrected chi connectivity index (χ0v) is 18.4. The molecule has 1 aromatic rings. The summed E-state index contributed by atoms with van der Waals surface area (Å²) in [6.07, 6.45) is 6.03. The highest BCUT2D eigenvalue weighted by molar-refractivity contribution is 5.98. The first-order chi connectivity index (χ1) is 15.0. The summed E-state index contributed by atoms with van der Waals surface area (Å²) in [6.45, 7) is 3.67. The molecule has 0 radical (unpaired) electrons. The lowest BCUT2D eigenvalue weighted by Gasteiger charge is -2.27. The second-order valence-electron chi connectivity index (χ2n) is 8.06. The van der Waals surface area contributed by atoms with Gasteiger partial charge in [-0.2, -0.15) is 0 Å². The molecule has 1 saturated heterocycles. The van der Waals surface area contributed by atoms with E-state index < -0.39 is 11.5 Å². The first-order valence-corrected chi connectivity index (χ1v) is 11.1. The smallest absolute Gasteiger partial charge is 0.331 e. The van der Waals surface area contributed by atoms with Crippen LogP contribution in [0.5, 0.6) is 11.5 Å². The summed E-state index contributed by atoms with van der Waals surface area (Å²) >= 11 is 0. The molecule has 0 atom stereocenters. The molecule has 0 bridgehead atoms. The van der Waals surface area contributed by atoms with Gasteiger partial charge in [0, 0.05) is 18.7 Å². The Morgan fingerprint density at radius 2 is 1.71 bits per heavy atom. The first kappa shape index (κ1) is 22.9. The topological polar surface area (TPSA) is 94.2 Å². The van der Waals surface area contributed by atoms with Gasteiger partial charge in [0.1, 0.15) is 5.54 Å². The third-order valence-electron chi connectivity index (χ3n) is 5.95. The molecule has 8 nitrogen and oxygen atoms in total. The number of piperidine rings is 1. The van der Waals surface area contributed by atoms with Crippen molar-refractivity contribution >= 4 is 17.8 Å². The number of benzene rings is 1. The molecular weight excluding hydrogens is 400 g/mol. The second-order valence-corrected chi connectivity index (χ2v) is 8.06. The van der Waals surface area contributed by atoms with Gasteiger partial charge in [-0.1, -0.05) is 12.8 Å². The Morgan fingerprint density at radius 1 is 1.00 bits per heavy atom. The van der Waals surface area contributed by atoms with Crippen molar-refractivity contribution in [3.63, 3.8) is 0 Å². The van der Waals surface area contributed by atoms with Crippen molar-refractivity contribution in [2.24, 2.45) is 0 Å². The van der Waals surface area contributed by atoms with Gasteiger partial charge in [0.2, 0.25) is 0 Å². The Labute approximate surface area is 183 Å². The lowest BCUT2D eigenvalue weighted by molar-refractivity contribution is -0.148. The van der Waals surface area contributed by atoms with Crippen LogP contribution in [0.15, 0.2) is 18.2 Å². The van der Waals surface area contributed by atoms with E-state index in [1.54, 1.807) is 18.2 Å². The van der Waals surface area contributed by atoms with Crippen molar-refractivity contribution in [2.75, 3.05) is 33.4 Å². The van der Waals surface area contributed by atoms with Gasteiger partial charge in [-0.15, -0.1) is 0 Å². The van der Waals surface area contributed by atoms with Crippen LogP contribution in [0.2, 0.25) is 0 Å². The van der Waals surface area contributed by atoms with Crippen LogP contribution in [0.3, 0.4) is 0 Å². The predicted molar refractivity (Wildman–Crippen MR) is 114 cm³/mol. The van der Waals surface area contributed by atoms with Crippen molar-refractivity contribution in [2.45, 2.75) is 57.4 Å². The minimum Gasteiger partial charge on any atom is -0.490 e. The summed E-state index contributed by atoms with van der Waals surface area (Å²) in [5.41, 5.74) is -0.624. The molecule has 1 aliphatic carbocycles. The molecule has 0 aromatic heterocycles. The average molecular weight is 433 g/mol. The highest BCUT2D eigenvalue weighted by Crippen LogP contribution is 2.32. The fraction of sp³-hybridized carbons (Fsp3) is 0.609. The fourth-order valence-electron chi connectivity index (χ4n) is 4.25. The molecule has 0 unspecified atom stereocenters. The zero-order chi connectivity index (χ0) is 22.3. The van der Waals surface area contributed by atoms with Gasteiger partial charge in [-0.3, -0.25) is 9.59 Å². The summed E-state index contributed by atoms with van der Waals surface area (Å²) in [6, 6.07) is 4.82. The Hall–Kier alpha value is -2.77. The largest absolute Gasteiger partial charge is 0.490 e. The number of nitrogens with zero attached hydrogens (tertiary/aromatic N) is 1. The summed E-state index contributed by atoms with van der Waals surface area (Å²) in [4.78, 5) is 39.4. The zero-order valence-electron chi connectivity index (χ0n) is 18.4. The van der Waals surface area contributed by atoms with Crippen molar-refractivity contribution < 1.29 is 28.6 Å². The van der Waals surface area contributed by atoms with E-state index in [2.05, 4.69) is 5.32 Å². The molecule has 2 fully saturated rings. The van der Waals surface area contributed by atoms with Crippen molar-refractivity contribution in [3.8, 4) is 11.5 Å². The summed E-state index contributed by atoms with van der Waals surface area (Å²) in [7, 11) is 1.33. The van der Waals surface area contributed by atoms with Crippen molar-refractivity contribution in [1.29, 1.82) is 0 Å². The molecule has 3 rings (SSSR count). The molecular formula is C23H32N2O6. The third kappa shape index (κ3) is 5.48. The van der Waals surface area contributed by atoms with E-state index in [1.807, 2.05) is 11.8 Å². The van der Waals surface area contributed by atoms with Gasteiger partial charge < -0.3 is 24.4 Å². The van der Waals surface area contributed by atoms with Gasteiger partial charge in [0.25, 0.3) is 11.8 Å². The van der Waals surface area contributed by atoms with Gasteiger partial charge in [0.15, 0.2) is 18.1 Å². The van der Waals surface area contributed by atoms with Crippen LogP contribution in [-0.4, -0.2) is 61.6 Å². The standard InChI is InChI=1S/C23H32N2O6/c1-3-30-19-15-17(21(27)24-23(22(28)29-2)11-5-6-12-23)9-10-18(19)31-16-20(26)25-13-7-4-8-14-25/h9-10,15H,3-8,11-14,16H2,1-2H3,(H,24,27). The minimum absolute atomic E-state index is 0.0507. The number of esters is 1. The van der Waals surface area contributed by atoms with Crippen LogP contribution in [-0.2, 0) is 14.3 Å². The lowest BCUT2D eigenvalue weighted by Crippen LogP contribution is -2.53. The van der Waals surface area contributed by atoms with E-state index in [9.17, 15) is 14.4 Å². The van der Waals surface area contributed by atoms with Crippen molar-refractivity contribution in [1.82, 2.24) is 10.2 Å². The quantitative estimate of drug-likeness (QED) is 0.635. The number of hydrogen-bond donors (Lipinski definition) is 1. The number of carbonyl (C=O) groups is 3. The van der Waals surface area contributed by atoms with E-state index in [1.165, 1.54) is 7.11 Å². The minimum atomic E-state index is -0.979. The molecule has 1 saturated carbocycles. The van der Waals surface area contributed by atoms with Gasteiger partial charge in [-0.05, 0) is 57.2 Å². The van der Waals surface area contributed by atoms with E-state index >= 15 is 0 Å². The van der Waals surface area contributed by atoms with Gasteiger partial charge in [-0.25, -0.2) is 4.79 Å². The molecule has 1 aromatic carbocycles. The van der Waals surface area contributed by atoms with E-state index in [0.29, 0.717) is 36.5 Å². The van der Waals surface area contributed by atoms with E-state index in [-0.39, 0.29) is 18.4 Å². The predicted octanol–water partition coefficient (Wildman–Crippen LogP) is 2.69. The van der Waals surface area contributed by atoms with Crippen molar-refractivity contribution in [3.05, 3.63) is 23.8 Å². The highest BCUT2D eigenvalue weighted by atomic mass is 16.5. The summed E-state index contributed by atoms with van der Waals surface area (Å²) < 4.78 is 16.3. The molecule has 1 heterocycles.